The van der Waals surface area contributed by atoms with Gasteiger partial charge in [-0.2, -0.15) is 17.7 Å². The predicted molar refractivity (Wildman–Crippen MR) is 82.7 cm³/mol. The Bertz CT molecular complexity index is 812. The summed E-state index contributed by atoms with van der Waals surface area (Å²) in [6, 6.07) is -0.204. The highest BCUT2D eigenvalue weighted by molar-refractivity contribution is 7.18. The van der Waals surface area contributed by atoms with Crippen LogP contribution in [-0.4, -0.2) is 62.5 Å². The molecule has 0 radical (unpaired) electrons. The van der Waals surface area contributed by atoms with Crippen LogP contribution in [0.25, 0.3) is 4.96 Å². The highest BCUT2D eigenvalue weighted by Crippen LogP contribution is 2.29. The van der Waals surface area contributed by atoms with Gasteiger partial charge in [0.1, 0.15) is 0 Å². The van der Waals surface area contributed by atoms with Gasteiger partial charge in [0.05, 0.1) is 6.61 Å². The van der Waals surface area contributed by atoms with Crippen LogP contribution in [0.4, 0.5) is 18.0 Å². The number of nitrogens with zero attached hydrogens (tertiary/aromatic N) is 5. The Morgan fingerprint density at radius 3 is 2.62 bits per heavy atom. The number of hydrogen-bond donors (Lipinski definition) is 1. The molecule has 2 aromatic heterocycles. The number of carbonyl (C=O) groups excluding carboxylic acids is 2. The predicted octanol–water partition coefficient (Wildman–Crippen LogP) is 1.56. The van der Waals surface area contributed by atoms with Crippen molar-refractivity contribution in [3.63, 3.8) is 0 Å². The van der Waals surface area contributed by atoms with Crippen molar-refractivity contribution in [3.8, 4) is 0 Å². The average molecular weight is 392 g/mol. The van der Waals surface area contributed by atoms with Crippen LogP contribution in [0.2, 0.25) is 0 Å². The van der Waals surface area contributed by atoms with Gasteiger partial charge in [-0.25, -0.2) is 4.79 Å². The summed E-state index contributed by atoms with van der Waals surface area (Å²) < 4.78 is 43.8. The Kier molecular flexibility index (Phi) is 4.98. The number of likely N-dealkylation sites (tertiary alicyclic amines) is 1. The maximum atomic E-state index is 12.8. The SMILES string of the molecule is CCOC(=O)N1CCC(NC(=O)c2nn3c(C(F)(F)F)nnc3s2)CC1. The minimum Gasteiger partial charge on any atom is -0.450 e. The lowest BCUT2D eigenvalue weighted by Crippen LogP contribution is -2.46. The minimum absolute atomic E-state index is 0.111. The van der Waals surface area contributed by atoms with Crippen molar-refractivity contribution in [2.75, 3.05) is 19.7 Å². The van der Waals surface area contributed by atoms with E-state index in [0.717, 1.165) is 11.3 Å². The Hall–Kier alpha value is -2.44. The lowest BCUT2D eigenvalue weighted by Gasteiger charge is -2.31. The molecular formula is C13H15F3N6O3S. The van der Waals surface area contributed by atoms with Crippen molar-refractivity contribution in [3.05, 3.63) is 10.8 Å². The second kappa shape index (κ2) is 7.05. The summed E-state index contributed by atoms with van der Waals surface area (Å²) >= 11 is 0.725. The van der Waals surface area contributed by atoms with Gasteiger partial charge >= 0.3 is 12.3 Å². The number of rotatable bonds is 3. The van der Waals surface area contributed by atoms with Crippen molar-refractivity contribution in [1.29, 1.82) is 0 Å². The molecule has 13 heteroatoms. The van der Waals surface area contributed by atoms with Crippen molar-refractivity contribution in [2.45, 2.75) is 32.0 Å². The molecule has 0 saturated carbocycles. The van der Waals surface area contributed by atoms with Gasteiger partial charge in [-0.1, -0.05) is 11.3 Å². The molecule has 142 valence electrons. The van der Waals surface area contributed by atoms with Crippen LogP contribution in [0.5, 0.6) is 0 Å². The Balaban J connectivity index is 1.62. The molecule has 26 heavy (non-hydrogen) atoms. The quantitative estimate of drug-likeness (QED) is 0.851. The fourth-order valence-electron chi connectivity index (χ4n) is 2.55. The first-order valence-corrected chi connectivity index (χ1v) is 8.63. The highest BCUT2D eigenvalue weighted by Gasteiger charge is 2.38. The van der Waals surface area contributed by atoms with Gasteiger partial charge in [-0.15, -0.1) is 15.3 Å². The number of alkyl halides is 3. The van der Waals surface area contributed by atoms with Crippen LogP contribution in [0.15, 0.2) is 0 Å². The van der Waals surface area contributed by atoms with E-state index in [4.69, 9.17) is 4.74 Å². The van der Waals surface area contributed by atoms with E-state index in [1.165, 1.54) is 0 Å². The second-order valence-electron chi connectivity index (χ2n) is 5.56. The Morgan fingerprint density at radius 2 is 2.00 bits per heavy atom. The summed E-state index contributed by atoms with van der Waals surface area (Å²) in [7, 11) is 0. The highest BCUT2D eigenvalue weighted by atomic mass is 32.1. The topological polar surface area (TPSA) is 102 Å². The second-order valence-corrected chi connectivity index (χ2v) is 6.51. The van der Waals surface area contributed by atoms with Crippen LogP contribution in [0.3, 0.4) is 0 Å². The standard InChI is InChI=1S/C13H15F3N6O3S/c1-2-25-12(24)21-5-3-7(4-6-21)17-8(23)9-20-22-10(13(14,15)16)18-19-11(22)26-9/h7H,2-6H2,1H3,(H,17,23). The smallest absolute Gasteiger partial charge is 0.450 e. The molecule has 0 unspecified atom stereocenters. The first-order valence-electron chi connectivity index (χ1n) is 7.81. The van der Waals surface area contributed by atoms with E-state index in [9.17, 15) is 22.8 Å². The van der Waals surface area contributed by atoms with E-state index in [-0.39, 0.29) is 22.6 Å². The third-order valence-electron chi connectivity index (χ3n) is 3.79. The van der Waals surface area contributed by atoms with E-state index in [0.29, 0.717) is 30.4 Å². The number of aromatic nitrogens is 4. The lowest BCUT2D eigenvalue weighted by atomic mass is 10.1. The van der Waals surface area contributed by atoms with E-state index in [1.807, 2.05) is 0 Å². The Labute approximate surface area is 149 Å². The maximum Gasteiger partial charge on any atom is 0.453 e. The third kappa shape index (κ3) is 3.71. The molecule has 1 aliphatic heterocycles. The minimum atomic E-state index is -4.71. The fraction of sp³-hybridized carbons (Fsp3) is 0.615. The molecule has 3 heterocycles. The van der Waals surface area contributed by atoms with Crippen molar-refractivity contribution in [2.24, 2.45) is 0 Å². The third-order valence-corrected chi connectivity index (χ3v) is 4.69. The molecule has 0 aliphatic carbocycles. The molecule has 3 rings (SSSR count). The van der Waals surface area contributed by atoms with E-state index in [2.05, 4.69) is 20.6 Å². The van der Waals surface area contributed by atoms with Gasteiger partial charge in [0, 0.05) is 19.1 Å². The van der Waals surface area contributed by atoms with Gasteiger partial charge in [-0.3, -0.25) is 4.79 Å². The lowest BCUT2D eigenvalue weighted by molar-refractivity contribution is -0.146. The van der Waals surface area contributed by atoms with E-state index >= 15 is 0 Å². The Morgan fingerprint density at radius 1 is 1.31 bits per heavy atom. The zero-order valence-electron chi connectivity index (χ0n) is 13.6. The number of halogens is 3. The number of amides is 2. The first-order chi connectivity index (χ1) is 12.3. The number of ether oxygens (including phenoxy) is 1. The summed E-state index contributed by atoms with van der Waals surface area (Å²) in [5.41, 5.74) is 0. The zero-order valence-corrected chi connectivity index (χ0v) is 14.4. The molecule has 1 fully saturated rings. The monoisotopic (exact) mass is 392 g/mol. The van der Waals surface area contributed by atoms with Crippen molar-refractivity contribution in [1.82, 2.24) is 30.0 Å². The van der Waals surface area contributed by atoms with Gasteiger partial charge in [0.2, 0.25) is 9.97 Å². The van der Waals surface area contributed by atoms with Crippen LogP contribution in [-0.2, 0) is 10.9 Å². The average Bonchev–Trinajstić information content (AvgIpc) is 3.15. The van der Waals surface area contributed by atoms with Crippen LogP contribution < -0.4 is 5.32 Å². The molecule has 0 bridgehead atoms. The molecule has 9 nitrogen and oxygen atoms in total. The number of carbonyl (C=O) groups is 2. The summed E-state index contributed by atoms with van der Waals surface area (Å²) in [6.45, 7) is 2.85. The normalized spacial score (nSPS) is 16.1. The molecule has 2 amide bonds. The van der Waals surface area contributed by atoms with Crippen LogP contribution in [0.1, 0.15) is 35.4 Å². The largest absolute Gasteiger partial charge is 0.453 e. The van der Waals surface area contributed by atoms with Gasteiger partial charge < -0.3 is 15.0 Å². The summed E-state index contributed by atoms with van der Waals surface area (Å²) in [6.07, 6.45) is -4.07. The molecule has 0 spiro atoms. The zero-order chi connectivity index (χ0) is 18.9. The number of hydrogen-bond acceptors (Lipinski definition) is 7. The van der Waals surface area contributed by atoms with Gasteiger partial charge in [0.15, 0.2) is 0 Å². The molecule has 2 aromatic rings. The molecule has 1 aliphatic rings. The number of fused-ring (bicyclic) bond motifs is 1. The van der Waals surface area contributed by atoms with Gasteiger partial charge in [-0.05, 0) is 19.8 Å². The fourth-order valence-corrected chi connectivity index (χ4v) is 3.30. The number of piperidine rings is 1. The van der Waals surface area contributed by atoms with E-state index in [1.54, 1.807) is 11.8 Å². The van der Waals surface area contributed by atoms with Crippen molar-refractivity contribution < 1.29 is 27.5 Å². The molecular weight excluding hydrogens is 377 g/mol. The molecule has 0 atom stereocenters. The van der Waals surface area contributed by atoms with Crippen LogP contribution >= 0.6 is 11.3 Å². The summed E-state index contributed by atoms with van der Waals surface area (Å²) in [5, 5.41) is 12.7. The number of nitrogens with one attached hydrogen (secondary N) is 1. The maximum absolute atomic E-state index is 12.8. The van der Waals surface area contributed by atoms with Crippen molar-refractivity contribution >= 4 is 28.3 Å². The summed E-state index contributed by atoms with van der Waals surface area (Å²) in [5.74, 6) is -1.85. The van der Waals surface area contributed by atoms with Gasteiger partial charge in [0.25, 0.3) is 11.7 Å². The molecule has 0 aromatic carbocycles. The van der Waals surface area contributed by atoms with E-state index < -0.39 is 24.0 Å². The summed E-state index contributed by atoms with van der Waals surface area (Å²) in [4.78, 5) is 25.3. The first kappa shape index (κ1) is 18.4. The van der Waals surface area contributed by atoms with Crippen LogP contribution in [0, 0.1) is 0 Å². The molecule has 1 saturated heterocycles. The molecule has 1 N–H and O–H groups in total.